The second kappa shape index (κ2) is 8.12. The van der Waals surface area contributed by atoms with Crippen LogP contribution < -0.4 is 10.6 Å². The molecule has 4 atom stereocenters. The molecule has 2 aromatic rings. The van der Waals surface area contributed by atoms with Gasteiger partial charge in [0.15, 0.2) is 0 Å². The molecule has 5 rings (SSSR count). The normalized spacial score (nSPS) is 25.8. The summed E-state index contributed by atoms with van der Waals surface area (Å²) in [5.74, 6) is 0.362. The van der Waals surface area contributed by atoms with Gasteiger partial charge >= 0.3 is 0 Å². The smallest absolute Gasteiger partial charge is 0.252 e. The molecule has 3 heterocycles. The fourth-order valence-electron chi connectivity index (χ4n) is 5.82. The Labute approximate surface area is 184 Å². The first-order valence-corrected chi connectivity index (χ1v) is 11.6. The molecule has 0 radical (unpaired) electrons. The number of carbonyl (C=O) groups excluding carboxylic acids is 2. The van der Waals surface area contributed by atoms with Gasteiger partial charge in [-0.25, -0.2) is 0 Å². The largest absolute Gasteiger partial charge is 0.346 e. The van der Waals surface area contributed by atoms with Crippen LogP contribution in [0.15, 0.2) is 42.5 Å². The van der Waals surface area contributed by atoms with Crippen molar-refractivity contribution in [3.8, 4) is 0 Å². The lowest BCUT2D eigenvalue weighted by molar-refractivity contribution is -0.145. The van der Waals surface area contributed by atoms with E-state index in [9.17, 15) is 9.59 Å². The van der Waals surface area contributed by atoms with Crippen molar-refractivity contribution in [3.63, 3.8) is 0 Å². The number of hydrogen-bond donors (Lipinski definition) is 2. The summed E-state index contributed by atoms with van der Waals surface area (Å²) < 4.78 is 0. The molecule has 0 spiro atoms. The van der Waals surface area contributed by atoms with Gasteiger partial charge in [-0.15, -0.1) is 0 Å². The molecule has 2 fully saturated rings. The zero-order valence-corrected chi connectivity index (χ0v) is 18.4. The highest BCUT2D eigenvalue weighted by Gasteiger charge is 2.45. The number of nitrogens with one attached hydrogen (secondary N) is 2. The molecule has 2 amide bonds. The van der Waals surface area contributed by atoms with Gasteiger partial charge in [0, 0.05) is 18.2 Å². The number of fused-ring (bicyclic) bond motifs is 4. The van der Waals surface area contributed by atoms with E-state index in [0.29, 0.717) is 5.91 Å². The molecule has 0 saturated carbocycles. The van der Waals surface area contributed by atoms with Gasteiger partial charge in [-0.05, 0) is 74.4 Å². The van der Waals surface area contributed by atoms with Crippen molar-refractivity contribution in [1.29, 1.82) is 0 Å². The zero-order chi connectivity index (χ0) is 21.5. The minimum absolute atomic E-state index is 0.0513. The predicted molar refractivity (Wildman–Crippen MR) is 121 cm³/mol. The lowest BCUT2D eigenvalue weighted by Gasteiger charge is -2.49. The Morgan fingerprint density at radius 2 is 2.00 bits per heavy atom. The van der Waals surface area contributed by atoms with Gasteiger partial charge in [0.05, 0.1) is 18.0 Å². The third-order valence-corrected chi connectivity index (χ3v) is 7.49. The Morgan fingerprint density at radius 1 is 1.19 bits per heavy atom. The second-order valence-electron chi connectivity index (χ2n) is 9.26. The third kappa shape index (κ3) is 3.55. The maximum absolute atomic E-state index is 13.2. The molecular weight excluding hydrogens is 386 g/mol. The molecule has 31 heavy (non-hydrogen) atoms. The van der Waals surface area contributed by atoms with Crippen LogP contribution in [0.4, 0.5) is 0 Å². The summed E-state index contributed by atoms with van der Waals surface area (Å²) in [5.41, 5.74) is 5.31. The van der Waals surface area contributed by atoms with E-state index in [1.165, 1.54) is 11.1 Å². The van der Waals surface area contributed by atoms with Crippen molar-refractivity contribution >= 4 is 11.8 Å². The van der Waals surface area contributed by atoms with Crippen molar-refractivity contribution in [2.24, 2.45) is 5.92 Å². The molecule has 3 aliphatic heterocycles. The predicted octanol–water partition coefficient (Wildman–Crippen LogP) is 3.68. The molecule has 2 aromatic carbocycles. The lowest BCUT2D eigenvalue weighted by Crippen LogP contribution is -2.57. The average molecular weight is 418 g/mol. The van der Waals surface area contributed by atoms with E-state index >= 15 is 0 Å². The van der Waals surface area contributed by atoms with Crippen LogP contribution in [-0.2, 0) is 11.2 Å². The van der Waals surface area contributed by atoms with Gasteiger partial charge in [0.2, 0.25) is 5.91 Å². The Hall–Kier alpha value is -2.66. The topological polar surface area (TPSA) is 61.4 Å². The highest BCUT2D eigenvalue weighted by Crippen LogP contribution is 2.43. The molecular formula is C26H31N3O2. The molecule has 0 bridgehead atoms. The number of benzene rings is 2. The van der Waals surface area contributed by atoms with E-state index in [-0.39, 0.29) is 30.0 Å². The summed E-state index contributed by atoms with van der Waals surface area (Å²) in [6.07, 6.45) is 3.87. The lowest BCUT2D eigenvalue weighted by atomic mass is 9.75. The van der Waals surface area contributed by atoms with E-state index in [4.69, 9.17) is 0 Å². The number of hydrogen-bond acceptors (Lipinski definition) is 3. The van der Waals surface area contributed by atoms with Gasteiger partial charge < -0.3 is 15.5 Å². The van der Waals surface area contributed by atoms with Crippen LogP contribution in [0.1, 0.15) is 70.9 Å². The van der Waals surface area contributed by atoms with Crippen molar-refractivity contribution in [2.75, 3.05) is 13.1 Å². The molecule has 0 unspecified atom stereocenters. The number of amides is 2. The summed E-state index contributed by atoms with van der Waals surface area (Å²) in [7, 11) is 0. The zero-order valence-electron chi connectivity index (χ0n) is 18.4. The number of piperidine rings is 2. The van der Waals surface area contributed by atoms with E-state index < -0.39 is 0 Å². The molecule has 2 saturated heterocycles. The summed E-state index contributed by atoms with van der Waals surface area (Å²) >= 11 is 0. The van der Waals surface area contributed by atoms with Gasteiger partial charge in [0.1, 0.15) is 0 Å². The van der Waals surface area contributed by atoms with E-state index in [1.807, 2.05) is 43.3 Å². The molecule has 0 aliphatic carbocycles. The fourth-order valence-corrected chi connectivity index (χ4v) is 5.82. The van der Waals surface area contributed by atoms with Gasteiger partial charge in [-0.2, -0.15) is 0 Å². The molecule has 2 N–H and O–H groups in total. The van der Waals surface area contributed by atoms with Crippen LogP contribution in [0.2, 0.25) is 0 Å². The first-order valence-electron chi connectivity index (χ1n) is 11.6. The SMILES string of the molecule is Cc1c(C(=O)N[C@H](C)c2ccccc2)ccc2c1[C@@H]1C[C@@H]3NCCC[C@@H]3C(=O)N1CC2. The average Bonchev–Trinajstić information content (AvgIpc) is 2.79. The van der Waals surface area contributed by atoms with Crippen LogP contribution in [0.3, 0.4) is 0 Å². The molecule has 5 nitrogen and oxygen atoms in total. The van der Waals surface area contributed by atoms with Gasteiger partial charge in [-0.3, -0.25) is 9.59 Å². The Bertz CT molecular complexity index is 1000. The number of nitrogens with zero attached hydrogens (tertiary/aromatic N) is 1. The molecule has 3 aliphatic rings. The van der Waals surface area contributed by atoms with E-state index in [2.05, 4.69) is 28.5 Å². The van der Waals surface area contributed by atoms with E-state index in [1.54, 1.807) is 0 Å². The fraction of sp³-hybridized carbons (Fsp3) is 0.462. The maximum atomic E-state index is 13.2. The molecule has 162 valence electrons. The van der Waals surface area contributed by atoms with Crippen molar-refractivity contribution in [3.05, 3.63) is 70.3 Å². The van der Waals surface area contributed by atoms with Crippen molar-refractivity contribution in [2.45, 2.75) is 57.7 Å². The minimum Gasteiger partial charge on any atom is -0.346 e. The summed E-state index contributed by atoms with van der Waals surface area (Å²) in [5, 5.41) is 6.74. The quantitative estimate of drug-likeness (QED) is 0.801. The van der Waals surface area contributed by atoms with Crippen LogP contribution >= 0.6 is 0 Å². The highest BCUT2D eigenvalue weighted by atomic mass is 16.2. The van der Waals surface area contributed by atoms with Crippen molar-refractivity contribution < 1.29 is 9.59 Å². The summed E-state index contributed by atoms with van der Waals surface area (Å²) in [6, 6.07) is 14.3. The maximum Gasteiger partial charge on any atom is 0.252 e. The first kappa shape index (κ1) is 20.3. The van der Waals surface area contributed by atoms with Gasteiger partial charge in [-0.1, -0.05) is 36.4 Å². The van der Waals surface area contributed by atoms with E-state index in [0.717, 1.165) is 55.5 Å². The molecule has 0 aromatic heterocycles. The summed E-state index contributed by atoms with van der Waals surface area (Å²) in [6.45, 7) is 5.84. The highest BCUT2D eigenvalue weighted by molar-refractivity contribution is 5.96. The van der Waals surface area contributed by atoms with Crippen LogP contribution in [0, 0.1) is 12.8 Å². The number of carbonyl (C=O) groups is 2. The Kier molecular flexibility index (Phi) is 5.30. The minimum atomic E-state index is -0.0657. The number of rotatable bonds is 3. The van der Waals surface area contributed by atoms with Crippen LogP contribution in [0.5, 0.6) is 0 Å². The third-order valence-electron chi connectivity index (χ3n) is 7.49. The molecule has 5 heteroatoms. The second-order valence-corrected chi connectivity index (χ2v) is 9.26. The summed E-state index contributed by atoms with van der Waals surface area (Å²) in [4.78, 5) is 28.5. The first-order chi connectivity index (χ1) is 15.0. The standard InChI is InChI=1S/C26H31N3O2/c1-16-20(25(30)28-17(2)18-7-4-3-5-8-18)11-10-19-12-14-29-23(24(16)19)15-22-21(26(29)31)9-6-13-27-22/h3-5,7-8,10-11,17,21-23,27H,6,9,12-15H2,1-2H3,(H,28,30)/t17-,21+,22+,23+/m1/s1. The Balaban J connectivity index is 1.44. The van der Waals surface area contributed by atoms with Crippen LogP contribution in [0.25, 0.3) is 0 Å². The van der Waals surface area contributed by atoms with Gasteiger partial charge in [0.25, 0.3) is 5.91 Å². The van der Waals surface area contributed by atoms with Crippen LogP contribution in [-0.4, -0.2) is 35.8 Å². The monoisotopic (exact) mass is 417 g/mol. The Morgan fingerprint density at radius 3 is 2.81 bits per heavy atom. The van der Waals surface area contributed by atoms with Crippen molar-refractivity contribution in [1.82, 2.24) is 15.5 Å².